The number of nitrogens with zero attached hydrogens (tertiary/aromatic N) is 2. The number of benzene rings is 16. The van der Waals surface area contributed by atoms with E-state index in [2.05, 4.69) is 416 Å². The zero-order valence-electron chi connectivity index (χ0n) is 62.3. The average molecular weight is 1420 g/mol. The minimum Gasteiger partial charge on any atom is -0.453 e. The van der Waals surface area contributed by atoms with Crippen molar-refractivity contribution >= 4 is 118 Å². The molecule has 2 aliphatic rings. The highest BCUT2D eigenvalue weighted by atomic mass is 28.3. The molecule has 0 saturated carbocycles. The number of fused-ring (bicyclic) bond motifs is 18. The van der Waals surface area contributed by atoms with E-state index in [1.807, 2.05) is 0 Å². The Morgan fingerprint density at radius 1 is 0.266 bits per heavy atom. The molecule has 1 spiro atoms. The molecule has 109 heavy (non-hydrogen) atoms. The maximum absolute atomic E-state index is 7.87. The molecule has 0 aliphatic heterocycles. The molecule has 0 N–H and O–H groups in total. The molecule has 20 rings (SSSR count). The van der Waals surface area contributed by atoms with Gasteiger partial charge in [-0.2, -0.15) is 0 Å². The van der Waals surface area contributed by atoms with Crippen LogP contribution in [0.25, 0.3) is 99.2 Å². The van der Waals surface area contributed by atoms with E-state index >= 15 is 0 Å². The summed E-state index contributed by atoms with van der Waals surface area (Å²) in [7, 11) is -3.04. The van der Waals surface area contributed by atoms with Gasteiger partial charge >= 0.3 is 0 Å². The number of furan rings is 2. The molecule has 5 heteroatoms. The topological polar surface area (TPSA) is 32.8 Å². The van der Waals surface area contributed by atoms with E-state index in [4.69, 9.17) is 8.83 Å². The SMILES string of the molecule is Cc1ccccc1-c1cccc2c1oc1c(N(c3ccc(C(C)(C)C)cc3)c3ccc4c(c3)C3(c5ccccc5-c5ccccc53)c3cc(N(c5ccc(C(C)(C)C)cc5)c5cccc6c5oc5c(-c7ccccc7[Si](c7ccccc7)(c7ccccc7)c7ccccc7)cccc56)c5ccccc5c3-4)cccc12. The Kier molecular flexibility index (Phi) is 15.2. The molecular weight excluding hydrogens is 1340 g/mol. The van der Waals surface area contributed by atoms with Crippen molar-refractivity contribution < 1.29 is 8.83 Å². The molecule has 0 unspecified atom stereocenters. The molecule has 0 saturated heterocycles. The molecule has 0 atom stereocenters. The van der Waals surface area contributed by atoms with E-state index < -0.39 is 13.5 Å². The van der Waals surface area contributed by atoms with Gasteiger partial charge in [0.25, 0.3) is 0 Å². The molecule has 16 aromatic carbocycles. The maximum atomic E-state index is 7.87. The second-order valence-electron chi connectivity index (χ2n) is 31.8. The summed E-state index contributed by atoms with van der Waals surface area (Å²) in [6.07, 6.45) is 0. The summed E-state index contributed by atoms with van der Waals surface area (Å²) in [6, 6.07) is 134. The number of para-hydroxylation sites is 4. The lowest BCUT2D eigenvalue weighted by Gasteiger charge is -2.36. The van der Waals surface area contributed by atoms with Crippen molar-refractivity contribution in [1.82, 2.24) is 0 Å². The van der Waals surface area contributed by atoms with Gasteiger partial charge in [-0.25, -0.2) is 0 Å². The summed E-state index contributed by atoms with van der Waals surface area (Å²) >= 11 is 0. The van der Waals surface area contributed by atoms with Gasteiger partial charge in [-0.15, -0.1) is 0 Å². The van der Waals surface area contributed by atoms with Crippen molar-refractivity contribution in [2.24, 2.45) is 0 Å². The first kappa shape index (κ1) is 65.7. The Balaban J connectivity index is 0.835. The van der Waals surface area contributed by atoms with E-state index in [1.54, 1.807) is 0 Å². The third-order valence-corrected chi connectivity index (χ3v) is 28.5. The number of aryl methyl sites for hydroxylation is 1. The summed E-state index contributed by atoms with van der Waals surface area (Å²) in [6.45, 7) is 16.0. The molecule has 2 aliphatic carbocycles. The van der Waals surface area contributed by atoms with E-state index in [0.717, 1.165) is 106 Å². The van der Waals surface area contributed by atoms with Gasteiger partial charge in [-0.05, 0) is 171 Å². The highest BCUT2D eigenvalue weighted by molar-refractivity contribution is 7.20. The first-order valence-electron chi connectivity index (χ1n) is 38.2. The van der Waals surface area contributed by atoms with Crippen molar-refractivity contribution in [3.8, 4) is 44.5 Å². The Morgan fingerprint density at radius 3 is 1.18 bits per heavy atom. The molecule has 0 bridgehead atoms. The quantitative estimate of drug-likeness (QED) is 0.0901. The Labute approximate surface area is 638 Å². The summed E-state index contributed by atoms with van der Waals surface area (Å²) in [5, 5.41) is 11.8. The molecular formula is C104H80N2O2Si. The monoisotopic (exact) mass is 1420 g/mol. The standard InChI is InChI=1S/C104H80N2O2Si/c1-67-31-17-18-38-76(67)82-44-27-46-84-86-48-29-52-93(100(86)107-98(82)84)105(70-59-55-68(56-60-70)102(2,3)4)72-63-64-88-91(65-72)104(89-50-24-21-39-77(89)78-40-22-25-51-90(78)104)92-66-95(79-41-19-20-43-81(79)97(88)92)106(71-61-57-69(58-62-71)103(5,6)7)94-53-30-49-87-85-47-28-45-83(99(85)108-101(87)94)80-42-23-26-54-96(80)109(73-32-11-8-12-33-73,74-34-13-9-14-35-74)75-36-15-10-16-37-75/h8-66H,1-7H3. The van der Waals surface area contributed by atoms with Gasteiger partial charge in [-0.1, -0.05) is 345 Å². The largest absolute Gasteiger partial charge is 0.453 e. The van der Waals surface area contributed by atoms with Crippen LogP contribution in [0.2, 0.25) is 0 Å². The van der Waals surface area contributed by atoms with Crippen LogP contribution in [-0.2, 0) is 16.2 Å². The molecule has 18 aromatic rings. The Morgan fingerprint density at radius 2 is 0.661 bits per heavy atom. The third-order valence-electron chi connectivity index (χ3n) is 23.7. The van der Waals surface area contributed by atoms with Crippen LogP contribution in [0.3, 0.4) is 0 Å². The molecule has 4 nitrogen and oxygen atoms in total. The average Bonchev–Trinajstić information content (AvgIpc) is 1.50. The lowest BCUT2D eigenvalue weighted by atomic mass is 9.70. The van der Waals surface area contributed by atoms with Crippen LogP contribution in [0.5, 0.6) is 0 Å². The van der Waals surface area contributed by atoms with Gasteiger partial charge in [0, 0.05) is 55.1 Å². The van der Waals surface area contributed by atoms with Crippen LogP contribution in [0.4, 0.5) is 34.1 Å². The first-order valence-corrected chi connectivity index (χ1v) is 40.2. The highest BCUT2D eigenvalue weighted by Gasteiger charge is 2.53. The summed E-state index contributed by atoms with van der Waals surface area (Å²) in [5.74, 6) is 0. The second kappa shape index (κ2) is 25.2. The minimum absolute atomic E-state index is 0.0598. The fourth-order valence-electron chi connectivity index (χ4n) is 18.7. The smallest absolute Gasteiger partial charge is 0.180 e. The minimum atomic E-state index is -3.04. The van der Waals surface area contributed by atoms with Gasteiger partial charge in [0.15, 0.2) is 19.2 Å². The van der Waals surface area contributed by atoms with Crippen LogP contribution < -0.4 is 30.5 Å². The van der Waals surface area contributed by atoms with E-state index in [0.29, 0.717) is 0 Å². The zero-order chi connectivity index (χ0) is 73.5. The Bertz CT molecular complexity index is 6490. The fraction of sp³-hybridized carbons (Fsp3) is 0.0962. The number of hydrogen-bond acceptors (Lipinski definition) is 4. The lowest BCUT2D eigenvalue weighted by molar-refractivity contribution is 0.590. The van der Waals surface area contributed by atoms with Gasteiger partial charge < -0.3 is 18.6 Å². The second-order valence-corrected chi connectivity index (χ2v) is 35.6. The zero-order valence-corrected chi connectivity index (χ0v) is 63.3. The fourth-order valence-corrected chi connectivity index (χ4v) is 23.7. The van der Waals surface area contributed by atoms with Crippen molar-refractivity contribution in [1.29, 1.82) is 0 Å². The Hall–Kier alpha value is -12.8. The van der Waals surface area contributed by atoms with Crippen LogP contribution in [-0.4, -0.2) is 8.07 Å². The normalized spacial score (nSPS) is 13.0. The van der Waals surface area contributed by atoms with Crippen LogP contribution in [0, 0.1) is 6.92 Å². The van der Waals surface area contributed by atoms with Crippen molar-refractivity contribution in [3.63, 3.8) is 0 Å². The van der Waals surface area contributed by atoms with Crippen LogP contribution in [0.15, 0.2) is 367 Å². The van der Waals surface area contributed by atoms with Crippen molar-refractivity contribution in [2.45, 2.75) is 64.7 Å². The molecule has 2 heterocycles. The molecule has 0 fully saturated rings. The van der Waals surface area contributed by atoms with Crippen LogP contribution in [0.1, 0.15) is 80.5 Å². The van der Waals surface area contributed by atoms with Crippen LogP contribution >= 0.6 is 0 Å². The van der Waals surface area contributed by atoms with Gasteiger partial charge in [0.05, 0.1) is 22.5 Å². The predicted molar refractivity (Wildman–Crippen MR) is 461 cm³/mol. The van der Waals surface area contributed by atoms with E-state index in [-0.39, 0.29) is 10.8 Å². The van der Waals surface area contributed by atoms with Gasteiger partial charge in [0.2, 0.25) is 0 Å². The summed E-state index contributed by atoms with van der Waals surface area (Å²) in [5.41, 5.74) is 26.5. The maximum Gasteiger partial charge on any atom is 0.180 e. The highest BCUT2D eigenvalue weighted by Crippen LogP contribution is 2.66. The number of anilines is 6. The summed E-state index contributed by atoms with van der Waals surface area (Å²) in [4.78, 5) is 4.97. The van der Waals surface area contributed by atoms with E-state index in [1.165, 1.54) is 87.3 Å². The third kappa shape index (κ3) is 10.0. The molecule has 522 valence electrons. The molecule has 2 aromatic heterocycles. The van der Waals surface area contributed by atoms with Gasteiger partial charge in [0.1, 0.15) is 11.2 Å². The van der Waals surface area contributed by atoms with Gasteiger partial charge in [-0.3, -0.25) is 0 Å². The predicted octanol–water partition coefficient (Wildman–Crippen LogP) is 25.5. The summed E-state index contributed by atoms with van der Waals surface area (Å²) < 4.78 is 15.3. The first-order chi connectivity index (χ1) is 53.3. The lowest BCUT2D eigenvalue weighted by Crippen LogP contribution is -2.75. The van der Waals surface area contributed by atoms with Crippen molar-refractivity contribution in [2.75, 3.05) is 9.80 Å². The number of rotatable bonds is 12. The number of hydrogen-bond donors (Lipinski definition) is 0. The van der Waals surface area contributed by atoms with Crippen molar-refractivity contribution in [3.05, 3.63) is 397 Å². The molecule has 0 amide bonds. The molecule has 0 radical (unpaired) electrons. The van der Waals surface area contributed by atoms with E-state index in [9.17, 15) is 0 Å².